The van der Waals surface area contributed by atoms with Gasteiger partial charge >= 0.3 is 5.97 Å². The molecule has 0 spiro atoms. The molecule has 2 N–H and O–H groups in total. The lowest BCUT2D eigenvalue weighted by Crippen LogP contribution is -2.35. The number of ether oxygens (including phenoxy) is 2. The summed E-state index contributed by atoms with van der Waals surface area (Å²) in [5.41, 5.74) is 0.434. The van der Waals surface area contributed by atoms with Crippen LogP contribution < -0.4 is 15.4 Å². The molecular weight excluding hydrogens is 300 g/mol. The van der Waals surface area contributed by atoms with Gasteiger partial charge in [0.15, 0.2) is 0 Å². The van der Waals surface area contributed by atoms with Crippen LogP contribution in [0, 0.1) is 0 Å². The van der Waals surface area contributed by atoms with Crippen molar-refractivity contribution in [1.29, 1.82) is 0 Å². The van der Waals surface area contributed by atoms with Crippen molar-refractivity contribution in [2.24, 2.45) is 0 Å². The van der Waals surface area contributed by atoms with E-state index in [4.69, 9.17) is 9.47 Å². The van der Waals surface area contributed by atoms with Gasteiger partial charge in [-0.1, -0.05) is 12.1 Å². The maximum Gasteiger partial charge on any atom is 0.306 e. The number of rotatable bonds is 9. The minimum atomic E-state index is -0.396. The third kappa shape index (κ3) is 6.82. The summed E-state index contributed by atoms with van der Waals surface area (Å²) in [6.45, 7) is 2.57. The van der Waals surface area contributed by atoms with Crippen LogP contribution in [0.15, 0.2) is 24.3 Å². The Morgan fingerprint density at radius 1 is 1.04 bits per heavy atom. The van der Waals surface area contributed by atoms with Gasteiger partial charge in [0.05, 0.1) is 25.7 Å². The number of amides is 2. The first-order chi connectivity index (χ1) is 11.1. The Labute approximate surface area is 135 Å². The van der Waals surface area contributed by atoms with E-state index < -0.39 is 5.97 Å². The van der Waals surface area contributed by atoms with Crippen molar-refractivity contribution in [1.82, 2.24) is 10.6 Å². The van der Waals surface area contributed by atoms with Gasteiger partial charge in [0.2, 0.25) is 5.91 Å². The fourth-order valence-corrected chi connectivity index (χ4v) is 1.84. The van der Waals surface area contributed by atoms with Crippen LogP contribution >= 0.6 is 0 Å². The van der Waals surface area contributed by atoms with E-state index in [2.05, 4.69) is 10.6 Å². The second-order valence-electron chi connectivity index (χ2n) is 4.61. The predicted octanol–water partition coefficient (Wildman–Crippen LogP) is 0.885. The highest BCUT2D eigenvalue weighted by molar-refractivity contribution is 5.96. The number of esters is 1. The van der Waals surface area contributed by atoms with Crippen LogP contribution in [0.25, 0.3) is 0 Å². The summed E-state index contributed by atoms with van der Waals surface area (Å²) in [4.78, 5) is 34.6. The minimum absolute atomic E-state index is 0.0489. The number of hydrogen-bond acceptors (Lipinski definition) is 5. The van der Waals surface area contributed by atoms with E-state index >= 15 is 0 Å². The summed E-state index contributed by atoms with van der Waals surface area (Å²) in [7, 11) is 1.50. The first kappa shape index (κ1) is 18.5. The van der Waals surface area contributed by atoms with Crippen LogP contribution in [-0.4, -0.2) is 44.6 Å². The van der Waals surface area contributed by atoms with Crippen molar-refractivity contribution in [2.45, 2.75) is 19.8 Å². The van der Waals surface area contributed by atoms with E-state index in [0.29, 0.717) is 17.9 Å². The molecule has 0 bridgehead atoms. The number of nitrogens with one attached hydrogen (secondary N) is 2. The Morgan fingerprint density at radius 2 is 1.74 bits per heavy atom. The molecule has 0 aliphatic carbocycles. The first-order valence-corrected chi connectivity index (χ1v) is 7.42. The van der Waals surface area contributed by atoms with Crippen LogP contribution in [0.2, 0.25) is 0 Å². The number of carbonyl (C=O) groups excluding carboxylic acids is 3. The average Bonchev–Trinajstić information content (AvgIpc) is 2.56. The second kappa shape index (κ2) is 10.2. The summed E-state index contributed by atoms with van der Waals surface area (Å²) in [6, 6.07) is 6.88. The number of methoxy groups -OCH3 is 1. The molecule has 1 aromatic carbocycles. The highest BCUT2D eigenvalue weighted by Gasteiger charge is 2.11. The lowest BCUT2D eigenvalue weighted by Gasteiger charge is -2.09. The molecule has 0 fully saturated rings. The summed E-state index contributed by atoms with van der Waals surface area (Å²) in [5.74, 6) is -0.441. The number of para-hydroxylation sites is 1. The van der Waals surface area contributed by atoms with Gasteiger partial charge in [0, 0.05) is 19.5 Å². The van der Waals surface area contributed by atoms with Crippen molar-refractivity contribution < 1.29 is 23.9 Å². The summed E-state index contributed by atoms with van der Waals surface area (Å²) >= 11 is 0. The van der Waals surface area contributed by atoms with E-state index in [1.54, 1.807) is 31.2 Å². The zero-order valence-electron chi connectivity index (χ0n) is 13.4. The largest absolute Gasteiger partial charge is 0.496 e. The molecule has 2 amide bonds. The Kier molecular flexibility index (Phi) is 8.20. The lowest BCUT2D eigenvalue weighted by molar-refractivity contribution is -0.144. The van der Waals surface area contributed by atoms with Crippen molar-refractivity contribution in [3.63, 3.8) is 0 Å². The topological polar surface area (TPSA) is 93.7 Å². The molecule has 0 saturated carbocycles. The zero-order valence-corrected chi connectivity index (χ0v) is 13.4. The van der Waals surface area contributed by atoms with Crippen LogP contribution in [0.3, 0.4) is 0 Å². The molecule has 0 saturated heterocycles. The SMILES string of the molecule is CCOC(=O)CCC(=O)NCCNC(=O)c1ccccc1OC. The lowest BCUT2D eigenvalue weighted by atomic mass is 10.2. The van der Waals surface area contributed by atoms with Crippen molar-refractivity contribution in [3.05, 3.63) is 29.8 Å². The maximum absolute atomic E-state index is 12.0. The van der Waals surface area contributed by atoms with Gasteiger partial charge in [-0.15, -0.1) is 0 Å². The maximum atomic E-state index is 12.0. The van der Waals surface area contributed by atoms with Gasteiger partial charge in [-0.05, 0) is 19.1 Å². The van der Waals surface area contributed by atoms with Crippen molar-refractivity contribution in [2.75, 3.05) is 26.8 Å². The van der Waals surface area contributed by atoms with Gasteiger partial charge in [-0.2, -0.15) is 0 Å². The normalized spacial score (nSPS) is 9.83. The Bertz CT molecular complexity index is 545. The van der Waals surface area contributed by atoms with Crippen LogP contribution in [0.1, 0.15) is 30.1 Å². The number of hydrogen-bond donors (Lipinski definition) is 2. The van der Waals surface area contributed by atoms with Gasteiger partial charge in [-0.3, -0.25) is 14.4 Å². The van der Waals surface area contributed by atoms with E-state index in [0.717, 1.165) is 0 Å². The van der Waals surface area contributed by atoms with Gasteiger partial charge in [-0.25, -0.2) is 0 Å². The fraction of sp³-hybridized carbons (Fsp3) is 0.438. The molecule has 23 heavy (non-hydrogen) atoms. The Morgan fingerprint density at radius 3 is 2.43 bits per heavy atom. The average molecular weight is 322 g/mol. The van der Waals surface area contributed by atoms with Crippen LogP contribution in [-0.2, 0) is 14.3 Å². The Balaban J connectivity index is 2.25. The monoisotopic (exact) mass is 322 g/mol. The molecule has 0 atom stereocenters. The fourth-order valence-electron chi connectivity index (χ4n) is 1.84. The first-order valence-electron chi connectivity index (χ1n) is 7.42. The van der Waals surface area contributed by atoms with E-state index in [9.17, 15) is 14.4 Å². The van der Waals surface area contributed by atoms with Crippen molar-refractivity contribution >= 4 is 17.8 Å². The van der Waals surface area contributed by atoms with Gasteiger partial charge < -0.3 is 20.1 Å². The molecule has 0 aliphatic heterocycles. The summed E-state index contributed by atoms with van der Waals surface area (Å²) < 4.78 is 9.84. The molecule has 0 heterocycles. The zero-order chi connectivity index (χ0) is 17.1. The molecule has 7 heteroatoms. The smallest absolute Gasteiger partial charge is 0.306 e. The molecule has 0 unspecified atom stereocenters. The van der Waals surface area contributed by atoms with Crippen LogP contribution in [0.4, 0.5) is 0 Å². The molecule has 0 radical (unpaired) electrons. The standard InChI is InChI=1S/C16H22N2O5/c1-3-23-15(20)9-8-14(19)17-10-11-18-16(21)12-6-4-5-7-13(12)22-2/h4-7H,3,8-11H2,1-2H3,(H,17,19)(H,18,21). The van der Waals surface area contributed by atoms with Gasteiger partial charge in [0.1, 0.15) is 5.75 Å². The third-order valence-electron chi connectivity index (χ3n) is 2.95. The molecule has 1 rings (SSSR count). The van der Waals surface area contributed by atoms with E-state index in [1.807, 2.05) is 0 Å². The molecular formula is C16H22N2O5. The quantitative estimate of drug-likeness (QED) is 0.520. The Hall–Kier alpha value is -2.57. The molecule has 1 aromatic rings. The summed E-state index contributed by atoms with van der Waals surface area (Å²) in [6.07, 6.45) is 0.118. The predicted molar refractivity (Wildman–Crippen MR) is 84.2 cm³/mol. The van der Waals surface area contributed by atoms with E-state index in [1.165, 1.54) is 7.11 Å². The summed E-state index contributed by atoms with van der Waals surface area (Å²) in [5, 5.41) is 5.31. The third-order valence-corrected chi connectivity index (χ3v) is 2.95. The molecule has 0 aliphatic rings. The molecule has 0 aromatic heterocycles. The van der Waals surface area contributed by atoms with E-state index in [-0.39, 0.29) is 37.7 Å². The van der Waals surface area contributed by atoms with Crippen molar-refractivity contribution in [3.8, 4) is 5.75 Å². The number of benzene rings is 1. The van der Waals surface area contributed by atoms with Gasteiger partial charge in [0.25, 0.3) is 5.91 Å². The molecule has 7 nitrogen and oxygen atoms in total. The number of carbonyl (C=O) groups is 3. The highest BCUT2D eigenvalue weighted by atomic mass is 16.5. The molecule has 126 valence electrons. The minimum Gasteiger partial charge on any atom is -0.496 e. The second-order valence-corrected chi connectivity index (χ2v) is 4.61. The van der Waals surface area contributed by atoms with Crippen LogP contribution in [0.5, 0.6) is 5.75 Å². The highest BCUT2D eigenvalue weighted by Crippen LogP contribution is 2.16.